The van der Waals surface area contributed by atoms with Gasteiger partial charge in [-0.05, 0) is 23.8 Å². The molecular weight excluding hydrogens is 416 g/mol. The van der Waals surface area contributed by atoms with Gasteiger partial charge in [-0.25, -0.2) is 18.5 Å². The smallest absolute Gasteiger partial charge is 0.397 e. The van der Waals surface area contributed by atoms with Gasteiger partial charge in [-0.3, -0.25) is 14.3 Å². The van der Waals surface area contributed by atoms with Crippen LogP contribution in [0.2, 0.25) is 0 Å². The summed E-state index contributed by atoms with van der Waals surface area (Å²) in [5, 5.41) is 3.89. The maximum Gasteiger partial charge on any atom is 0.397 e. The Morgan fingerprint density at radius 3 is 2.50 bits per heavy atom. The number of aromatic nitrogens is 2. The molecule has 2 aromatic rings. The first-order valence-electron chi connectivity index (χ1n) is 9.24. The van der Waals surface area contributed by atoms with Gasteiger partial charge < -0.3 is 4.74 Å². The predicted molar refractivity (Wildman–Crippen MR) is 109 cm³/mol. The highest BCUT2D eigenvalue weighted by Gasteiger charge is 2.35. The van der Waals surface area contributed by atoms with E-state index in [0.29, 0.717) is 16.2 Å². The molecule has 0 aliphatic heterocycles. The number of hydrogen-bond donors (Lipinski definition) is 0. The number of halogens is 2. The highest BCUT2D eigenvalue weighted by molar-refractivity contribution is 7.99. The number of thioether (sulfide) groups is 1. The van der Waals surface area contributed by atoms with Crippen LogP contribution in [0.3, 0.4) is 0 Å². The molecule has 0 saturated heterocycles. The third kappa shape index (κ3) is 5.44. The molecule has 0 atom stereocenters. The maximum absolute atomic E-state index is 13.4. The third-order valence-electron chi connectivity index (χ3n) is 3.96. The van der Waals surface area contributed by atoms with Crippen molar-refractivity contribution >= 4 is 35.2 Å². The fourth-order valence-corrected chi connectivity index (χ4v) is 3.41. The number of nitrogens with zero attached hydrogens (tertiary/aromatic N) is 3. The van der Waals surface area contributed by atoms with Crippen LogP contribution in [0.25, 0.3) is 0 Å². The Labute approximate surface area is 177 Å². The van der Waals surface area contributed by atoms with Crippen molar-refractivity contribution in [1.29, 1.82) is 0 Å². The van der Waals surface area contributed by atoms with E-state index in [0.717, 1.165) is 10.9 Å². The van der Waals surface area contributed by atoms with Crippen molar-refractivity contribution in [2.45, 2.75) is 38.2 Å². The van der Waals surface area contributed by atoms with E-state index in [9.17, 15) is 23.2 Å². The molecule has 2 amide bonds. The first-order valence-corrected chi connectivity index (χ1v) is 10.3. The zero-order chi connectivity index (χ0) is 22.4. The molecule has 0 aliphatic carbocycles. The molecule has 0 unspecified atom stereocenters. The molecule has 10 heteroatoms. The Morgan fingerprint density at radius 2 is 1.90 bits per heavy atom. The molecule has 162 valence electrons. The number of carbonyl (C=O) groups is 3. The number of ether oxygens (including phenoxy) is 1. The van der Waals surface area contributed by atoms with Crippen molar-refractivity contribution in [3.05, 3.63) is 47.3 Å². The van der Waals surface area contributed by atoms with E-state index in [4.69, 9.17) is 4.74 Å². The Kier molecular flexibility index (Phi) is 8.10. The van der Waals surface area contributed by atoms with Crippen LogP contribution >= 0.6 is 11.8 Å². The minimum absolute atomic E-state index is 0.0768. The Balaban J connectivity index is 2.59. The number of amides is 2. The number of para-hydroxylation sites is 1. The second-order valence-corrected chi connectivity index (χ2v) is 8.12. The Bertz CT molecular complexity index is 931. The molecule has 0 fully saturated rings. The van der Waals surface area contributed by atoms with E-state index in [1.165, 1.54) is 20.0 Å². The van der Waals surface area contributed by atoms with Gasteiger partial charge in [0.1, 0.15) is 5.69 Å². The quantitative estimate of drug-likeness (QED) is 0.483. The topological polar surface area (TPSA) is 81.5 Å². The van der Waals surface area contributed by atoms with E-state index >= 15 is 0 Å². The van der Waals surface area contributed by atoms with E-state index in [1.54, 1.807) is 30.0 Å². The number of aryl methyl sites for hydroxylation is 1. The van der Waals surface area contributed by atoms with Gasteiger partial charge in [0.05, 0.1) is 17.9 Å². The number of anilines is 1. The monoisotopic (exact) mass is 439 g/mol. The van der Waals surface area contributed by atoms with Gasteiger partial charge in [0.25, 0.3) is 12.3 Å². The molecule has 7 nitrogen and oxygen atoms in total. The average Bonchev–Trinajstić information content (AvgIpc) is 3.09. The molecule has 0 bridgehead atoms. The van der Waals surface area contributed by atoms with Gasteiger partial charge in [-0.15, -0.1) is 0 Å². The summed E-state index contributed by atoms with van der Waals surface area (Å²) >= 11 is 1.56. The van der Waals surface area contributed by atoms with Gasteiger partial charge >= 0.3 is 11.9 Å². The zero-order valence-electron chi connectivity index (χ0n) is 17.1. The number of carbonyl (C=O) groups excluding carboxylic acids is 3. The molecule has 30 heavy (non-hydrogen) atoms. The molecule has 1 aromatic carbocycles. The molecule has 0 spiro atoms. The Hall–Kier alpha value is -2.75. The lowest BCUT2D eigenvalue weighted by atomic mass is 10.1. The third-order valence-corrected chi connectivity index (χ3v) is 5.10. The first-order chi connectivity index (χ1) is 14.2. The van der Waals surface area contributed by atoms with Crippen LogP contribution in [-0.2, 0) is 27.1 Å². The molecule has 0 N–H and O–H groups in total. The average molecular weight is 439 g/mol. The fourth-order valence-electron chi connectivity index (χ4n) is 2.65. The van der Waals surface area contributed by atoms with Gasteiger partial charge in [0, 0.05) is 19.0 Å². The van der Waals surface area contributed by atoms with Crippen LogP contribution in [0, 0.1) is 0 Å². The van der Waals surface area contributed by atoms with E-state index in [1.807, 2.05) is 13.8 Å². The van der Waals surface area contributed by atoms with Crippen molar-refractivity contribution in [2.75, 3.05) is 11.5 Å². The fraction of sp³-hybridized carbons (Fsp3) is 0.400. The SMILES string of the molecule is CCOC(=O)C(=O)N(C(=O)c1cn(C)nc1C(F)F)c1ccccc1CSC(C)C. The predicted octanol–water partition coefficient (Wildman–Crippen LogP) is 3.74. The lowest BCUT2D eigenvalue weighted by molar-refractivity contribution is -0.153. The van der Waals surface area contributed by atoms with Crippen LogP contribution < -0.4 is 4.90 Å². The normalized spacial score (nSPS) is 11.1. The van der Waals surface area contributed by atoms with Gasteiger partial charge in [-0.1, -0.05) is 32.0 Å². The minimum Gasteiger partial charge on any atom is -0.459 e. The number of rotatable bonds is 7. The van der Waals surface area contributed by atoms with Crippen LogP contribution in [0.4, 0.5) is 14.5 Å². The van der Waals surface area contributed by atoms with Crippen molar-refractivity contribution in [3.63, 3.8) is 0 Å². The van der Waals surface area contributed by atoms with Gasteiger partial charge in [-0.2, -0.15) is 16.9 Å². The summed E-state index contributed by atoms with van der Waals surface area (Å²) in [7, 11) is 1.38. The second-order valence-electron chi connectivity index (χ2n) is 6.56. The van der Waals surface area contributed by atoms with Crippen molar-refractivity contribution in [2.24, 2.45) is 7.05 Å². The molecule has 0 saturated carbocycles. The molecule has 1 aromatic heterocycles. The number of esters is 1. The summed E-state index contributed by atoms with van der Waals surface area (Å²) in [4.78, 5) is 38.8. The summed E-state index contributed by atoms with van der Waals surface area (Å²) in [5.41, 5.74) is -0.489. The Morgan fingerprint density at radius 1 is 1.23 bits per heavy atom. The first kappa shape index (κ1) is 23.5. The molecule has 2 rings (SSSR count). The van der Waals surface area contributed by atoms with E-state index < -0.39 is 35.5 Å². The van der Waals surface area contributed by atoms with Crippen molar-refractivity contribution in [1.82, 2.24) is 9.78 Å². The molecular formula is C20H23F2N3O4S. The molecule has 0 aliphatic rings. The molecule has 0 radical (unpaired) electrons. The van der Waals surface area contributed by atoms with Crippen molar-refractivity contribution in [3.8, 4) is 0 Å². The number of alkyl halides is 2. The highest BCUT2D eigenvalue weighted by atomic mass is 32.2. The standard InChI is InChI=1S/C20H23F2N3O4S/c1-5-29-20(28)19(27)25(15-9-7-6-8-13(15)11-30-12(2)3)18(26)14-10-24(4)23-16(14)17(21)22/h6-10,12,17H,5,11H2,1-4H3. The maximum atomic E-state index is 13.4. The van der Waals surface area contributed by atoms with Crippen LogP contribution in [0.15, 0.2) is 30.5 Å². The summed E-state index contributed by atoms with van der Waals surface area (Å²) in [6, 6.07) is 6.52. The zero-order valence-corrected chi connectivity index (χ0v) is 17.9. The van der Waals surface area contributed by atoms with Crippen LogP contribution in [0.1, 0.15) is 48.8 Å². The molecule has 1 heterocycles. The number of hydrogen-bond acceptors (Lipinski definition) is 6. The minimum atomic E-state index is -3.03. The number of imide groups is 1. The van der Waals surface area contributed by atoms with Crippen molar-refractivity contribution < 1.29 is 27.9 Å². The van der Waals surface area contributed by atoms with Gasteiger partial charge in [0.2, 0.25) is 0 Å². The van der Waals surface area contributed by atoms with E-state index in [-0.39, 0.29) is 17.5 Å². The largest absolute Gasteiger partial charge is 0.459 e. The summed E-state index contributed by atoms with van der Waals surface area (Å²) in [5.74, 6) is -3.13. The second kappa shape index (κ2) is 10.3. The van der Waals surface area contributed by atoms with Crippen LogP contribution in [0.5, 0.6) is 0 Å². The van der Waals surface area contributed by atoms with Crippen LogP contribution in [-0.4, -0.2) is 39.4 Å². The summed E-state index contributed by atoms with van der Waals surface area (Å²) in [6.45, 7) is 5.42. The lowest BCUT2D eigenvalue weighted by Crippen LogP contribution is -2.43. The lowest BCUT2D eigenvalue weighted by Gasteiger charge is -2.23. The van der Waals surface area contributed by atoms with E-state index in [2.05, 4.69) is 5.10 Å². The summed E-state index contributed by atoms with van der Waals surface area (Å²) < 4.78 is 32.6. The number of benzene rings is 1. The summed E-state index contributed by atoms with van der Waals surface area (Å²) in [6.07, 6.45) is -1.93. The van der Waals surface area contributed by atoms with Gasteiger partial charge in [0.15, 0.2) is 0 Å². The highest BCUT2D eigenvalue weighted by Crippen LogP contribution is 2.30.